The van der Waals surface area contributed by atoms with Crippen LogP contribution in [0.4, 0.5) is 0 Å². The number of amides is 1. The summed E-state index contributed by atoms with van der Waals surface area (Å²) in [4.78, 5) is 23.3. The predicted octanol–water partition coefficient (Wildman–Crippen LogP) is 3.24. The number of allylic oxidation sites excluding steroid dienone is 1. The van der Waals surface area contributed by atoms with Gasteiger partial charge in [-0.05, 0) is 11.6 Å². The molecule has 0 saturated heterocycles. The minimum Gasteiger partial charge on any atom is -0.468 e. The molecule has 0 aromatic heterocycles. The largest absolute Gasteiger partial charge is 0.468 e. The van der Waals surface area contributed by atoms with Crippen LogP contribution in [0.1, 0.15) is 17.9 Å². The number of nitriles is 1. The highest BCUT2D eigenvalue weighted by molar-refractivity contribution is 8.03. The van der Waals surface area contributed by atoms with Gasteiger partial charge in [-0.3, -0.25) is 9.59 Å². The first-order valence-corrected chi connectivity index (χ1v) is 8.29. The van der Waals surface area contributed by atoms with Crippen molar-refractivity contribution in [3.05, 3.63) is 44.4 Å². The van der Waals surface area contributed by atoms with Crippen molar-refractivity contribution in [1.29, 1.82) is 5.26 Å². The standard InChI is InChI=1S/C15H12Cl2N2O3S/c1-22-13(21)7-23-15-10(6-18)9(5-12(20)19-15)8-3-2-4-11(16)14(8)17/h2-4,9H,5,7H2,1H3,(H,19,20)/t9-/m0/s1. The quantitative estimate of drug-likeness (QED) is 0.822. The fourth-order valence-electron chi connectivity index (χ4n) is 2.18. The van der Waals surface area contributed by atoms with E-state index >= 15 is 0 Å². The predicted molar refractivity (Wildman–Crippen MR) is 89.1 cm³/mol. The van der Waals surface area contributed by atoms with Crippen LogP contribution in [0.15, 0.2) is 28.8 Å². The lowest BCUT2D eigenvalue weighted by Gasteiger charge is -2.25. The number of nitrogens with zero attached hydrogens (tertiary/aromatic N) is 1. The van der Waals surface area contributed by atoms with Gasteiger partial charge in [0.2, 0.25) is 5.91 Å². The van der Waals surface area contributed by atoms with E-state index in [0.717, 1.165) is 11.8 Å². The van der Waals surface area contributed by atoms with E-state index in [1.165, 1.54) is 7.11 Å². The summed E-state index contributed by atoms with van der Waals surface area (Å²) in [7, 11) is 1.27. The van der Waals surface area contributed by atoms with E-state index in [1.54, 1.807) is 18.2 Å². The normalized spacial score (nSPS) is 17.5. The van der Waals surface area contributed by atoms with E-state index in [0.29, 0.717) is 26.2 Å². The first-order chi connectivity index (χ1) is 11.0. The zero-order chi connectivity index (χ0) is 17.0. The van der Waals surface area contributed by atoms with Crippen LogP contribution in [0.25, 0.3) is 0 Å². The fourth-order valence-corrected chi connectivity index (χ4v) is 3.53. The number of carbonyl (C=O) groups is 2. The number of nitrogens with one attached hydrogen (secondary N) is 1. The molecule has 1 heterocycles. The fraction of sp³-hybridized carbons (Fsp3) is 0.267. The number of benzene rings is 1. The van der Waals surface area contributed by atoms with Gasteiger partial charge in [-0.25, -0.2) is 0 Å². The summed E-state index contributed by atoms with van der Waals surface area (Å²) in [5.41, 5.74) is 0.962. The number of thioether (sulfide) groups is 1. The average Bonchev–Trinajstić information content (AvgIpc) is 2.54. The Labute approximate surface area is 147 Å². The summed E-state index contributed by atoms with van der Waals surface area (Å²) in [6.45, 7) is 0. The van der Waals surface area contributed by atoms with Crippen molar-refractivity contribution >= 4 is 46.8 Å². The molecule has 0 fully saturated rings. The molecular formula is C15H12Cl2N2O3S. The van der Waals surface area contributed by atoms with E-state index in [4.69, 9.17) is 23.2 Å². The molecule has 8 heteroatoms. The molecule has 2 rings (SSSR count). The van der Waals surface area contributed by atoms with Crippen molar-refractivity contribution in [3.8, 4) is 6.07 Å². The van der Waals surface area contributed by atoms with Crippen molar-refractivity contribution in [2.45, 2.75) is 12.3 Å². The maximum atomic E-state index is 12.0. The lowest BCUT2D eigenvalue weighted by atomic mass is 9.87. The second kappa shape index (κ2) is 7.73. The van der Waals surface area contributed by atoms with Gasteiger partial charge < -0.3 is 10.1 Å². The molecule has 1 amide bonds. The zero-order valence-electron chi connectivity index (χ0n) is 12.1. The van der Waals surface area contributed by atoms with Gasteiger partial charge in [0.15, 0.2) is 0 Å². The van der Waals surface area contributed by atoms with Crippen LogP contribution in [0, 0.1) is 11.3 Å². The van der Waals surface area contributed by atoms with Gasteiger partial charge in [-0.15, -0.1) is 0 Å². The van der Waals surface area contributed by atoms with E-state index in [2.05, 4.69) is 16.1 Å². The van der Waals surface area contributed by atoms with Gasteiger partial charge >= 0.3 is 5.97 Å². The monoisotopic (exact) mass is 370 g/mol. The number of halogens is 2. The Hall–Kier alpha value is -1.68. The molecule has 23 heavy (non-hydrogen) atoms. The number of hydrogen-bond acceptors (Lipinski definition) is 5. The van der Waals surface area contributed by atoms with Crippen molar-refractivity contribution in [3.63, 3.8) is 0 Å². The Kier molecular flexibility index (Phi) is 5.94. The molecule has 1 aromatic rings. The third-order valence-electron chi connectivity index (χ3n) is 3.27. The zero-order valence-corrected chi connectivity index (χ0v) is 14.4. The van der Waals surface area contributed by atoms with Crippen molar-refractivity contribution in [2.75, 3.05) is 12.9 Å². The topological polar surface area (TPSA) is 79.2 Å². The molecule has 0 unspecified atom stereocenters. The van der Waals surface area contributed by atoms with E-state index < -0.39 is 11.9 Å². The summed E-state index contributed by atoms with van der Waals surface area (Å²) in [6, 6.07) is 7.19. The molecule has 0 bridgehead atoms. The first kappa shape index (κ1) is 17.7. The van der Waals surface area contributed by atoms with Gasteiger partial charge in [-0.2, -0.15) is 5.26 Å². The summed E-state index contributed by atoms with van der Waals surface area (Å²) >= 11 is 13.3. The molecular weight excluding hydrogens is 359 g/mol. The summed E-state index contributed by atoms with van der Waals surface area (Å²) < 4.78 is 4.57. The lowest BCUT2D eigenvalue weighted by Crippen LogP contribution is -2.31. The highest BCUT2D eigenvalue weighted by atomic mass is 35.5. The molecule has 0 spiro atoms. The average molecular weight is 371 g/mol. The molecule has 1 aromatic carbocycles. The Morgan fingerprint density at radius 3 is 2.91 bits per heavy atom. The molecule has 1 aliphatic heterocycles. The molecule has 0 aliphatic carbocycles. The van der Waals surface area contributed by atoms with E-state index in [-0.39, 0.29) is 18.1 Å². The van der Waals surface area contributed by atoms with E-state index in [9.17, 15) is 14.9 Å². The van der Waals surface area contributed by atoms with Crippen LogP contribution in [-0.2, 0) is 14.3 Å². The van der Waals surface area contributed by atoms with Gasteiger partial charge in [0.05, 0.1) is 39.6 Å². The number of esters is 1. The number of rotatable bonds is 4. The van der Waals surface area contributed by atoms with Crippen LogP contribution in [0.3, 0.4) is 0 Å². The maximum Gasteiger partial charge on any atom is 0.316 e. The van der Waals surface area contributed by atoms with Crippen LogP contribution >= 0.6 is 35.0 Å². The van der Waals surface area contributed by atoms with Crippen molar-refractivity contribution < 1.29 is 14.3 Å². The second-order valence-electron chi connectivity index (χ2n) is 4.67. The van der Waals surface area contributed by atoms with Crippen LogP contribution in [0.2, 0.25) is 10.0 Å². The number of carbonyl (C=O) groups excluding carboxylic acids is 2. The highest BCUT2D eigenvalue weighted by Crippen LogP contribution is 2.40. The smallest absolute Gasteiger partial charge is 0.316 e. The van der Waals surface area contributed by atoms with E-state index in [1.807, 2.05) is 0 Å². The third-order valence-corrected chi connectivity index (χ3v) is 5.10. The van der Waals surface area contributed by atoms with Crippen LogP contribution in [-0.4, -0.2) is 24.7 Å². The van der Waals surface area contributed by atoms with Crippen molar-refractivity contribution in [2.24, 2.45) is 0 Å². The number of hydrogen-bond donors (Lipinski definition) is 1. The highest BCUT2D eigenvalue weighted by Gasteiger charge is 2.31. The Morgan fingerprint density at radius 2 is 2.26 bits per heavy atom. The maximum absolute atomic E-state index is 12.0. The number of ether oxygens (including phenoxy) is 1. The van der Waals surface area contributed by atoms with Gasteiger partial charge in [0, 0.05) is 12.3 Å². The molecule has 1 atom stereocenters. The number of methoxy groups -OCH3 is 1. The van der Waals surface area contributed by atoms with Gasteiger partial charge in [0.25, 0.3) is 0 Å². The van der Waals surface area contributed by atoms with Crippen LogP contribution in [0.5, 0.6) is 0 Å². The minimum atomic E-state index is -0.500. The molecule has 1 N–H and O–H groups in total. The summed E-state index contributed by atoms with van der Waals surface area (Å²) in [5, 5.41) is 13.1. The Balaban J connectivity index is 2.41. The summed E-state index contributed by atoms with van der Waals surface area (Å²) in [5.74, 6) is -1.21. The van der Waals surface area contributed by atoms with Crippen LogP contribution < -0.4 is 5.32 Å². The Bertz CT molecular complexity index is 728. The Morgan fingerprint density at radius 1 is 1.52 bits per heavy atom. The van der Waals surface area contributed by atoms with Crippen molar-refractivity contribution in [1.82, 2.24) is 5.32 Å². The second-order valence-corrected chi connectivity index (χ2v) is 6.44. The SMILES string of the molecule is COC(=O)CSC1=C(C#N)[C@H](c2cccc(Cl)c2Cl)CC(=O)N1. The third kappa shape index (κ3) is 3.99. The van der Waals surface area contributed by atoms with Gasteiger partial charge in [-0.1, -0.05) is 47.1 Å². The first-order valence-electron chi connectivity index (χ1n) is 6.55. The lowest BCUT2D eigenvalue weighted by molar-refractivity contribution is -0.137. The van der Waals surface area contributed by atoms with Gasteiger partial charge in [0.1, 0.15) is 0 Å². The summed E-state index contributed by atoms with van der Waals surface area (Å²) in [6.07, 6.45) is 0.0885. The molecule has 0 saturated carbocycles. The molecule has 120 valence electrons. The molecule has 5 nitrogen and oxygen atoms in total. The molecule has 1 aliphatic rings. The molecule has 0 radical (unpaired) electrons. The minimum absolute atomic E-state index is 0.00666.